The first kappa shape index (κ1) is 12.8. The highest BCUT2D eigenvalue weighted by molar-refractivity contribution is 7.16. The van der Waals surface area contributed by atoms with Gasteiger partial charge in [-0.1, -0.05) is 34.5 Å². The Hall–Kier alpha value is -1.21. The molecule has 3 rings (SSSR count). The van der Waals surface area contributed by atoms with Crippen molar-refractivity contribution in [1.82, 2.24) is 19.8 Å². The lowest BCUT2D eigenvalue weighted by atomic mass is 10.2. The molecule has 0 fully saturated rings. The van der Waals surface area contributed by atoms with Crippen LogP contribution in [0.2, 0.25) is 10.0 Å². The molecule has 0 atom stereocenters. The maximum Gasteiger partial charge on any atom is 0.234 e. The predicted molar refractivity (Wildman–Crippen MR) is 76.9 cm³/mol. The van der Waals surface area contributed by atoms with Crippen molar-refractivity contribution in [3.8, 4) is 11.4 Å². The SMILES string of the molecule is NCCc1nn2c(-c3ccc(Cl)cc3Cl)nnc2s1. The number of rotatable bonds is 3. The van der Waals surface area contributed by atoms with Crippen LogP contribution in [0.3, 0.4) is 0 Å². The van der Waals surface area contributed by atoms with Crippen LogP contribution in [0, 0.1) is 0 Å². The Labute approximate surface area is 123 Å². The first-order chi connectivity index (χ1) is 9.19. The standard InChI is InChI=1S/C11H9Cl2N5S/c12-6-1-2-7(8(13)5-6)10-15-16-11-18(10)17-9(19-11)3-4-14/h1-2,5H,3-4,14H2. The van der Waals surface area contributed by atoms with E-state index in [1.165, 1.54) is 11.3 Å². The molecule has 0 unspecified atom stereocenters. The van der Waals surface area contributed by atoms with Crippen LogP contribution in [0.4, 0.5) is 0 Å². The summed E-state index contributed by atoms with van der Waals surface area (Å²) in [6.07, 6.45) is 0.724. The van der Waals surface area contributed by atoms with Crippen molar-refractivity contribution >= 4 is 39.5 Å². The second kappa shape index (κ2) is 5.05. The minimum atomic E-state index is 0.523. The van der Waals surface area contributed by atoms with E-state index in [2.05, 4.69) is 15.3 Å². The Morgan fingerprint density at radius 1 is 1.26 bits per heavy atom. The molecule has 0 spiro atoms. The number of halogens is 2. The Kier molecular flexibility index (Phi) is 3.40. The van der Waals surface area contributed by atoms with E-state index in [-0.39, 0.29) is 0 Å². The van der Waals surface area contributed by atoms with E-state index in [4.69, 9.17) is 28.9 Å². The van der Waals surface area contributed by atoms with Crippen LogP contribution in [0.25, 0.3) is 16.3 Å². The Morgan fingerprint density at radius 3 is 2.84 bits per heavy atom. The third-order valence-corrected chi connectivity index (χ3v) is 4.07. The molecule has 0 bridgehead atoms. The van der Waals surface area contributed by atoms with Crippen molar-refractivity contribution in [1.29, 1.82) is 0 Å². The Morgan fingerprint density at radius 2 is 2.11 bits per heavy atom. The molecule has 2 aromatic heterocycles. The molecule has 1 aromatic carbocycles. The molecule has 0 aliphatic carbocycles. The smallest absolute Gasteiger partial charge is 0.234 e. The van der Waals surface area contributed by atoms with Crippen molar-refractivity contribution in [3.05, 3.63) is 33.3 Å². The quantitative estimate of drug-likeness (QED) is 0.807. The van der Waals surface area contributed by atoms with E-state index in [9.17, 15) is 0 Å². The topological polar surface area (TPSA) is 69.1 Å². The summed E-state index contributed by atoms with van der Waals surface area (Å²) in [5.41, 5.74) is 6.28. The van der Waals surface area contributed by atoms with Crippen LogP contribution in [-0.2, 0) is 6.42 Å². The van der Waals surface area contributed by atoms with Gasteiger partial charge in [0.1, 0.15) is 5.01 Å². The van der Waals surface area contributed by atoms with Crippen LogP contribution >= 0.6 is 34.5 Å². The van der Waals surface area contributed by atoms with E-state index in [1.54, 1.807) is 16.6 Å². The number of benzene rings is 1. The second-order valence-corrected chi connectivity index (χ2v) is 5.76. The molecular formula is C11H9Cl2N5S. The van der Waals surface area contributed by atoms with Crippen molar-refractivity contribution in [3.63, 3.8) is 0 Å². The Bertz CT molecular complexity index is 736. The molecule has 8 heteroatoms. The predicted octanol–water partition coefficient (Wildman–Crippen LogP) is 2.66. The zero-order chi connectivity index (χ0) is 13.4. The normalized spacial score (nSPS) is 11.3. The van der Waals surface area contributed by atoms with Crippen LogP contribution in [0.5, 0.6) is 0 Å². The maximum absolute atomic E-state index is 6.18. The zero-order valence-electron chi connectivity index (χ0n) is 9.68. The Balaban J connectivity index is 2.13. The third kappa shape index (κ3) is 2.32. The summed E-state index contributed by atoms with van der Waals surface area (Å²) in [5, 5.41) is 14.7. The highest BCUT2D eigenvalue weighted by atomic mass is 35.5. The van der Waals surface area contributed by atoms with Gasteiger partial charge in [-0.05, 0) is 24.7 Å². The molecule has 3 aromatic rings. The fourth-order valence-corrected chi connectivity index (χ4v) is 3.06. The number of nitrogens with two attached hydrogens (primary N) is 1. The number of hydrogen-bond acceptors (Lipinski definition) is 5. The van der Waals surface area contributed by atoms with E-state index in [1.807, 2.05) is 6.07 Å². The highest BCUT2D eigenvalue weighted by Gasteiger charge is 2.15. The van der Waals surface area contributed by atoms with E-state index in [0.717, 1.165) is 22.0 Å². The summed E-state index contributed by atoms with van der Waals surface area (Å²) in [6.45, 7) is 0.557. The third-order valence-electron chi connectivity index (χ3n) is 2.56. The molecular weight excluding hydrogens is 305 g/mol. The van der Waals surface area contributed by atoms with Gasteiger partial charge in [0.25, 0.3) is 0 Å². The van der Waals surface area contributed by atoms with Gasteiger partial charge in [-0.3, -0.25) is 0 Å². The number of fused-ring (bicyclic) bond motifs is 1. The number of nitrogens with zero attached hydrogens (tertiary/aromatic N) is 4. The van der Waals surface area contributed by atoms with Crippen LogP contribution < -0.4 is 5.73 Å². The molecule has 2 N–H and O–H groups in total. The monoisotopic (exact) mass is 313 g/mol. The first-order valence-electron chi connectivity index (χ1n) is 5.55. The van der Waals surface area contributed by atoms with Gasteiger partial charge in [-0.2, -0.15) is 9.61 Å². The van der Waals surface area contributed by atoms with E-state index in [0.29, 0.717) is 22.4 Å². The molecule has 0 radical (unpaired) electrons. The van der Waals surface area contributed by atoms with Gasteiger partial charge in [0.15, 0.2) is 5.82 Å². The summed E-state index contributed by atoms with van der Waals surface area (Å²) in [4.78, 5) is 0.726. The van der Waals surface area contributed by atoms with Crippen LogP contribution in [0.1, 0.15) is 5.01 Å². The van der Waals surface area contributed by atoms with Gasteiger partial charge in [0.2, 0.25) is 4.96 Å². The van der Waals surface area contributed by atoms with Gasteiger partial charge >= 0.3 is 0 Å². The number of hydrogen-bond donors (Lipinski definition) is 1. The second-order valence-electron chi connectivity index (χ2n) is 3.88. The van der Waals surface area contributed by atoms with Crippen molar-refractivity contribution < 1.29 is 0 Å². The summed E-state index contributed by atoms with van der Waals surface area (Å²) in [6, 6.07) is 5.24. The lowest BCUT2D eigenvalue weighted by molar-refractivity contribution is 0.871. The van der Waals surface area contributed by atoms with Gasteiger partial charge in [0, 0.05) is 17.0 Å². The van der Waals surface area contributed by atoms with Crippen molar-refractivity contribution in [2.24, 2.45) is 5.73 Å². The lowest BCUT2D eigenvalue weighted by Gasteiger charge is -2.00. The van der Waals surface area contributed by atoms with Crippen molar-refractivity contribution in [2.45, 2.75) is 6.42 Å². The van der Waals surface area contributed by atoms with E-state index < -0.39 is 0 Å². The molecule has 5 nitrogen and oxygen atoms in total. The van der Waals surface area contributed by atoms with Crippen LogP contribution in [-0.4, -0.2) is 26.4 Å². The fraction of sp³-hybridized carbons (Fsp3) is 0.182. The largest absolute Gasteiger partial charge is 0.330 e. The fourth-order valence-electron chi connectivity index (χ4n) is 1.72. The van der Waals surface area contributed by atoms with Gasteiger partial charge in [0.05, 0.1) is 5.02 Å². The maximum atomic E-state index is 6.18. The molecule has 0 saturated heterocycles. The average Bonchev–Trinajstić information content (AvgIpc) is 2.90. The van der Waals surface area contributed by atoms with Gasteiger partial charge in [-0.25, -0.2) is 0 Å². The summed E-state index contributed by atoms with van der Waals surface area (Å²) in [7, 11) is 0. The molecule has 98 valence electrons. The molecule has 19 heavy (non-hydrogen) atoms. The number of aromatic nitrogens is 4. The molecule has 2 heterocycles. The average molecular weight is 314 g/mol. The van der Waals surface area contributed by atoms with Crippen LogP contribution in [0.15, 0.2) is 18.2 Å². The molecule has 0 aliphatic rings. The minimum Gasteiger partial charge on any atom is -0.330 e. The molecule has 0 aliphatic heterocycles. The first-order valence-corrected chi connectivity index (χ1v) is 7.13. The van der Waals surface area contributed by atoms with Gasteiger partial charge < -0.3 is 5.73 Å². The highest BCUT2D eigenvalue weighted by Crippen LogP contribution is 2.30. The lowest BCUT2D eigenvalue weighted by Crippen LogP contribution is -2.03. The molecule has 0 saturated carbocycles. The van der Waals surface area contributed by atoms with E-state index >= 15 is 0 Å². The van der Waals surface area contributed by atoms with Gasteiger partial charge in [-0.15, -0.1) is 10.2 Å². The summed E-state index contributed by atoms with van der Waals surface area (Å²) < 4.78 is 1.69. The summed E-state index contributed by atoms with van der Waals surface area (Å²) >= 11 is 13.5. The molecule has 0 amide bonds. The minimum absolute atomic E-state index is 0.523. The summed E-state index contributed by atoms with van der Waals surface area (Å²) in [5.74, 6) is 0.608. The van der Waals surface area contributed by atoms with Crippen molar-refractivity contribution in [2.75, 3.05) is 6.54 Å². The zero-order valence-corrected chi connectivity index (χ0v) is 12.0.